The minimum Gasteiger partial charge on any atom is -0.445 e. The monoisotopic (exact) mass is 395 g/mol. The van der Waals surface area contributed by atoms with E-state index in [9.17, 15) is 9.59 Å². The van der Waals surface area contributed by atoms with Gasteiger partial charge in [0.2, 0.25) is 5.91 Å². The molecule has 0 aliphatic carbocycles. The molecular formula is C21H21N3O3S. The topological polar surface area (TPSA) is 80.3 Å². The number of thiazole rings is 1. The van der Waals surface area contributed by atoms with Crippen LogP contribution < -0.4 is 10.6 Å². The first-order valence-electron chi connectivity index (χ1n) is 8.84. The highest BCUT2D eigenvalue weighted by molar-refractivity contribution is 7.16. The lowest BCUT2D eigenvalue weighted by Gasteiger charge is -2.13. The van der Waals surface area contributed by atoms with E-state index in [1.165, 1.54) is 11.3 Å². The van der Waals surface area contributed by atoms with Gasteiger partial charge in [-0.2, -0.15) is 0 Å². The number of carbonyl (C=O) groups excluding carboxylic acids is 2. The van der Waals surface area contributed by atoms with Gasteiger partial charge in [0, 0.05) is 10.4 Å². The van der Waals surface area contributed by atoms with Crippen LogP contribution in [-0.4, -0.2) is 23.0 Å². The normalized spacial score (nSPS) is 11.5. The molecule has 3 aromatic rings. The molecule has 6 nitrogen and oxygen atoms in total. The Morgan fingerprint density at radius 2 is 1.71 bits per heavy atom. The summed E-state index contributed by atoms with van der Waals surface area (Å²) < 4.78 is 5.14. The third-order valence-electron chi connectivity index (χ3n) is 4.01. The zero-order valence-corrected chi connectivity index (χ0v) is 16.5. The Labute approximate surface area is 167 Å². The van der Waals surface area contributed by atoms with E-state index in [0.29, 0.717) is 5.13 Å². The fourth-order valence-corrected chi connectivity index (χ4v) is 3.37. The van der Waals surface area contributed by atoms with Crippen molar-refractivity contribution in [2.45, 2.75) is 26.5 Å². The first-order valence-corrected chi connectivity index (χ1v) is 9.65. The summed E-state index contributed by atoms with van der Waals surface area (Å²) in [5.74, 6) is -0.356. The van der Waals surface area contributed by atoms with Gasteiger partial charge >= 0.3 is 6.09 Å². The zero-order valence-electron chi connectivity index (χ0n) is 15.6. The van der Waals surface area contributed by atoms with Crippen LogP contribution in [0, 0.1) is 6.92 Å². The van der Waals surface area contributed by atoms with Crippen LogP contribution in [0.3, 0.4) is 0 Å². The van der Waals surface area contributed by atoms with Crippen LogP contribution in [0.5, 0.6) is 0 Å². The molecule has 1 atom stereocenters. The highest BCUT2D eigenvalue weighted by Crippen LogP contribution is 2.30. The number of hydrogen-bond donors (Lipinski definition) is 2. The number of aromatic nitrogens is 1. The minimum atomic E-state index is -0.757. The summed E-state index contributed by atoms with van der Waals surface area (Å²) in [5, 5.41) is 5.77. The van der Waals surface area contributed by atoms with Crippen molar-refractivity contribution in [1.29, 1.82) is 0 Å². The summed E-state index contributed by atoms with van der Waals surface area (Å²) in [4.78, 5) is 29.8. The average molecular weight is 395 g/mol. The average Bonchev–Trinajstić information content (AvgIpc) is 3.07. The van der Waals surface area contributed by atoms with Gasteiger partial charge in [0.1, 0.15) is 12.6 Å². The van der Waals surface area contributed by atoms with Crippen molar-refractivity contribution in [3.63, 3.8) is 0 Å². The molecule has 1 aromatic heterocycles. The quantitative estimate of drug-likeness (QED) is 0.649. The maximum absolute atomic E-state index is 12.4. The molecule has 144 valence electrons. The fourth-order valence-electron chi connectivity index (χ4n) is 2.53. The third-order valence-corrected chi connectivity index (χ3v) is 4.90. The molecule has 0 spiro atoms. The van der Waals surface area contributed by atoms with Crippen LogP contribution in [0.15, 0.2) is 60.7 Å². The number of anilines is 1. The van der Waals surface area contributed by atoms with Crippen molar-refractivity contribution >= 4 is 28.5 Å². The second kappa shape index (κ2) is 9.14. The second-order valence-corrected chi connectivity index (χ2v) is 7.41. The lowest BCUT2D eigenvalue weighted by molar-refractivity contribution is -0.117. The molecule has 2 N–H and O–H groups in total. The number of amides is 2. The number of benzene rings is 2. The number of nitrogens with one attached hydrogen (secondary N) is 2. The lowest BCUT2D eigenvalue weighted by Crippen LogP contribution is -2.41. The standard InChI is InChI=1S/C21H21N3O3S/c1-14(22-21(26)27-13-16-9-5-3-6-10-16)19(25)24-20-23-18(15(2)28-20)17-11-7-4-8-12-17/h3-12,14H,13H2,1-2H3,(H,22,26)(H,23,24,25)/t14-/m0/s1. The Morgan fingerprint density at radius 3 is 2.39 bits per heavy atom. The molecule has 0 saturated heterocycles. The number of hydrogen-bond acceptors (Lipinski definition) is 5. The van der Waals surface area contributed by atoms with Gasteiger partial charge in [0.05, 0.1) is 5.69 Å². The predicted octanol–water partition coefficient (Wildman–Crippen LogP) is 4.37. The summed E-state index contributed by atoms with van der Waals surface area (Å²) in [5.41, 5.74) is 2.71. The van der Waals surface area contributed by atoms with Crippen LogP contribution in [0.2, 0.25) is 0 Å². The second-order valence-electron chi connectivity index (χ2n) is 6.21. The molecule has 0 aliphatic rings. The van der Waals surface area contributed by atoms with E-state index in [-0.39, 0.29) is 12.5 Å². The lowest BCUT2D eigenvalue weighted by atomic mass is 10.1. The number of rotatable bonds is 6. The Bertz CT molecular complexity index is 942. The van der Waals surface area contributed by atoms with Crippen LogP contribution in [0.1, 0.15) is 17.4 Å². The fraction of sp³-hybridized carbons (Fsp3) is 0.190. The van der Waals surface area contributed by atoms with Crippen LogP contribution in [-0.2, 0) is 16.1 Å². The maximum Gasteiger partial charge on any atom is 0.408 e. The number of carbonyl (C=O) groups is 2. The molecule has 7 heteroatoms. The van der Waals surface area contributed by atoms with Crippen LogP contribution >= 0.6 is 11.3 Å². The summed E-state index contributed by atoms with van der Waals surface area (Å²) in [6.07, 6.45) is -0.646. The van der Waals surface area contributed by atoms with Crippen LogP contribution in [0.25, 0.3) is 11.3 Å². The number of nitrogens with zero attached hydrogens (tertiary/aromatic N) is 1. The van der Waals surface area contributed by atoms with Crippen molar-refractivity contribution in [2.24, 2.45) is 0 Å². The Balaban J connectivity index is 1.53. The molecule has 0 aliphatic heterocycles. The smallest absolute Gasteiger partial charge is 0.408 e. The Hall–Kier alpha value is -3.19. The first kappa shape index (κ1) is 19.6. The molecule has 1 heterocycles. The summed E-state index contributed by atoms with van der Waals surface area (Å²) in [6.45, 7) is 3.70. The van der Waals surface area contributed by atoms with Gasteiger partial charge in [0.15, 0.2) is 5.13 Å². The van der Waals surface area contributed by atoms with Crippen molar-refractivity contribution in [3.05, 3.63) is 71.1 Å². The summed E-state index contributed by atoms with van der Waals surface area (Å²) >= 11 is 1.39. The highest BCUT2D eigenvalue weighted by Gasteiger charge is 2.19. The summed E-state index contributed by atoms with van der Waals surface area (Å²) in [6, 6.07) is 18.4. The van der Waals surface area contributed by atoms with E-state index < -0.39 is 12.1 Å². The number of ether oxygens (including phenoxy) is 1. The Morgan fingerprint density at radius 1 is 1.07 bits per heavy atom. The molecule has 0 saturated carbocycles. The van der Waals surface area contributed by atoms with Gasteiger partial charge in [-0.25, -0.2) is 9.78 Å². The molecule has 28 heavy (non-hydrogen) atoms. The zero-order chi connectivity index (χ0) is 19.9. The van der Waals surface area contributed by atoms with E-state index in [0.717, 1.165) is 21.7 Å². The molecule has 0 fully saturated rings. The Kier molecular flexibility index (Phi) is 6.39. The highest BCUT2D eigenvalue weighted by atomic mass is 32.1. The molecule has 0 unspecified atom stereocenters. The minimum absolute atomic E-state index is 0.146. The van der Waals surface area contributed by atoms with Gasteiger partial charge in [-0.1, -0.05) is 60.7 Å². The number of aryl methyl sites for hydroxylation is 1. The predicted molar refractivity (Wildman–Crippen MR) is 110 cm³/mol. The molecule has 2 amide bonds. The number of alkyl carbamates (subject to hydrolysis) is 1. The van der Waals surface area contributed by atoms with Gasteiger partial charge in [0.25, 0.3) is 0 Å². The van der Waals surface area contributed by atoms with E-state index in [1.807, 2.05) is 67.6 Å². The third kappa shape index (κ3) is 5.17. The molecule has 2 aromatic carbocycles. The van der Waals surface area contributed by atoms with Gasteiger partial charge in [-0.05, 0) is 19.4 Å². The van der Waals surface area contributed by atoms with E-state index in [4.69, 9.17) is 4.74 Å². The largest absolute Gasteiger partial charge is 0.445 e. The molecule has 3 rings (SSSR count). The van der Waals surface area contributed by atoms with E-state index in [1.54, 1.807) is 6.92 Å². The van der Waals surface area contributed by atoms with E-state index >= 15 is 0 Å². The van der Waals surface area contributed by atoms with Crippen molar-refractivity contribution in [3.8, 4) is 11.3 Å². The first-order chi connectivity index (χ1) is 13.5. The molecule has 0 bridgehead atoms. The van der Waals surface area contributed by atoms with Gasteiger partial charge in [-0.15, -0.1) is 11.3 Å². The van der Waals surface area contributed by atoms with Crippen molar-refractivity contribution < 1.29 is 14.3 Å². The van der Waals surface area contributed by atoms with Crippen LogP contribution in [0.4, 0.5) is 9.93 Å². The van der Waals surface area contributed by atoms with Crippen molar-refractivity contribution in [2.75, 3.05) is 5.32 Å². The maximum atomic E-state index is 12.4. The van der Waals surface area contributed by atoms with Gasteiger partial charge in [-0.3, -0.25) is 4.79 Å². The van der Waals surface area contributed by atoms with Crippen molar-refractivity contribution in [1.82, 2.24) is 10.3 Å². The molecule has 0 radical (unpaired) electrons. The molecular weight excluding hydrogens is 374 g/mol. The van der Waals surface area contributed by atoms with E-state index in [2.05, 4.69) is 15.6 Å². The SMILES string of the molecule is Cc1sc(NC(=O)[C@H](C)NC(=O)OCc2ccccc2)nc1-c1ccccc1. The van der Waals surface area contributed by atoms with Gasteiger partial charge < -0.3 is 15.4 Å². The summed E-state index contributed by atoms with van der Waals surface area (Å²) in [7, 11) is 0.